The van der Waals surface area contributed by atoms with Gasteiger partial charge in [-0.25, -0.2) is 14.1 Å². The number of hydrogen-bond donors (Lipinski definition) is 1. The molecule has 2 aromatic rings. The maximum absolute atomic E-state index is 14.0. The standard InChI is InChI=1S/C15H15FN4O/c16-13-8-12(5-6-14(13)20-10-17-9-18-20)19-15(21)7-11-3-1-2-4-11/h1,3,5-6,8-11H,2,4,7H2,(H,19,21)/t11-/m0/s1. The van der Waals surface area contributed by atoms with Crippen LogP contribution in [0.15, 0.2) is 43.0 Å². The van der Waals surface area contributed by atoms with Gasteiger partial charge in [0, 0.05) is 12.1 Å². The van der Waals surface area contributed by atoms with Crippen LogP contribution in [0.3, 0.4) is 0 Å². The molecule has 6 heteroatoms. The van der Waals surface area contributed by atoms with Crippen LogP contribution >= 0.6 is 0 Å². The summed E-state index contributed by atoms with van der Waals surface area (Å²) >= 11 is 0. The van der Waals surface area contributed by atoms with Crippen LogP contribution in [0.1, 0.15) is 19.3 Å². The Hall–Kier alpha value is -2.50. The van der Waals surface area contributed by atoms with Gasteiger partial charge < -0.3 is 5.32 Å². The van der Waals surface area contributed by atoms with Gasteiger partial charge in [0.2, 0.25) is 5.91 Å². The van der Waals surface area contributed by atoms with Crippen molar-refractivity contribution in [2.24, 2.45) is 5.92 Å². The Morgan fingerprint density at radius 2 is 2.38 bits per heavy atom. The Labute approximate surface area is 121 Å². The van der Waals surface area contributed by atoms with E-state index in [-0.39, 0.29) is 5.91 Å². The Balaban J connectivity index is 1.67. The molecule has 21 heavy (non-hydrogen) atoms. The molecular formula is C15H15FN4O. The van der Waals surface area contributed by atoms with Gasteiger partial charge in [0.15, 0.2) is 5.82 Å². The van der Waals surface area contributed by atoms with Crippen LogP contribution in [0.5, 0.6) is 0 Å². The first kappa shape index (κ1) is 13.5. The Kier molecular flexibility index (Phi) is 3.77. The molecule has 1 aromatic heterocycles. The van der Waals surface area contributed by atoms with Crippen molar-refractivity contribution in [1.82, 2.24) is 14.8 Å². The minimum Gasteiger partial charge on any atom is -0.326 e. The Bertz CT molecular complexity index is 666. The predicted molar refractivity (Wildman–Crippen MR) is 76.4 cm³/mol. The molecule has 0 spiro atoms. The van der Waals surface area contributed by atoms with E-state index in [1.807, 2.05) is 0 Å². The highest BCUT2D eigenvalue weighted by Gasteiger charge is 2.14. The topological polar surface area (TPSA) is 59.8 Å². The van der Waals surface area contributed by atoms with Crippen molar-refractivity contribution in [1.29, 1.82) is 0 Å². The normalized spacial score (nSPS) is 17.1. The average Bonchev–Trinajstić information content (AvgIpc) is 3.11. The summed E-state index contributed by atoms with van der Waals surface area (Å²) in [6, 6.07) is 4.51. The Morgan fingerprint density at radius 1 is 1.48 bits per heavy atom. The number of amides is 1. The van der Waals surface area contributed by atoms with E-state index in [0.29, 0.717) is 23.7 Å². The number of aromatic nitrogens is 3. The van der Waals surface area contributed by atoms with E-state index in [1.54, 1.807) is 12.1 Å². The molecule has 1 aromatic carbocycles. The first-order chi connectivity index (χ1) is 10.2. The summed E-state index contributed by atoms with van der Waals surface area (Å²) in [6.45, 7) is 0. The molecule has 3 rings (SSSR count). The fraction of sp³-hybridized carbons (Fsp3) is 0.267. The molecule has 1 heterocycles. The fourth-order valence-corrected chi connectivity index (χ4v) is 2.42. The van der Waals surface area contributed by atoms with Crippen LogP contribution in [0.4, 0.5) is 10.1 Å². The number of rotatable bonds is 4. The van der Waals surface area contributed by atoms with Crippen molar-refractivity contribution < 1.29 is 9.18 Å². The molecule has 0 aliphatic heterocycles. The summed E-state index contributed by atoms with van der Waals surface area (Å²) in [6.07, 6.45) is 9.38. The van der Waals surface area contributed by atoms with Gasteiger partial charge in [-0.05, 0) is 37.0 Å². The number of allylic oxidation sites excluding steroid dienone is 2. The molecule has 0 bridgehead atoms. The van der Waals surface area contributed by atoms with E-state index in [2.05, 4.69) is 27.6 Å². The van der Waals surface area contributed by atoms with E-state index in [4.69, 9.17) is 0 Å². The van der Waals surface area contributed by atoms with Crippen molar-refractivity contribution in [2.75, 3.05) is 5.32 Å². The molecule has 5 nitrogen and oxygen atoms in total. The van der Waals surface area contributed by atoms with Crippen LogP contribution in [0.25, 0.3) is 5.69 Å². The van der Waals surface area contributed by atoms with Crippen LogP contribution in [0.2, 0.25) is 0 Å². The average molecular weight is 286 g/mol. The lowest BCUT2D eigenvalue weighted by atomic mass is 10.1. The third-order valence-electron chi connectivity index (χ3n) is 3.46. The lowest BCUT2D eigenvalue weighted by molar-refractivity contribution is -0.116. The minimum atomic E-state index is -0.459. The smallest absolute Gasteiger partial charge is 0.224 e. The molecule has 1 amide bonds. The molecule has 1 aliphatic rings. The number of nitrogens with one attached hydrogen (secondary N) is 1. The molecular weight excluding hydrogens is 271 g/mol. The molecule has 0 saturated heterocycles. The highest BCUT2D eigenvalue weighted by atomic mass is 19.1. The zero-order valence-electron chi connectivity index (χ0n) is 11.4. The van der Waals surface area contributed by atoms with Crippen molar-refractivity contribution in [3.05, 3.63) is 48.8 Å². The highest BCUT2D eigenvalue weighted by Crippen LogP contribution is 2.22. The first-order valence-corrected chi connectivity index (χ1v) is 6.83. The number of anilines is 1. The highest BCUT2D eigenvalue weighted by molar-refractivity contribution is 5.91. The summed E-state index contributed by atoms with van der Waals surface area (Å²) < 4.78 is 15.4. The molecule has 0 fully saturated rings. The summed E-state index contributed by atoms with van der Waals surface area (Å²) in [5.41, 5.74) is 0.743. The molecule has 0 unspecified atom stereocenters. The zero-order chi connectivity index (χ0) is 14.7. The van der Waals surface area contributed by atoms with Gasteiger partial charge in [0.05, 0.1) is 0 Å². The van der Waals surface area contributed by atoms with E-state index in [0.717, 1.165) is 12.8 Å². The number of nitrogens with zero attached hydrogens (tertiary/aromatic N) is 3. The summed E-state index contributed by atoms with van der Waals surface area (Å²) in [5.74, 6) is -0.261. The predicted octanol–water partition coefficient (Wildman–Crippen LogP) is 2.70. The zero-order valence-corrected chi connectivity index (χ0v) is 11.4. The van der Waals surface area contributed by atoms with Crippen molar-refractivity contribution in [2.45, 2.75) is 19.3 Å². The molecule has 0 radical (unpaired) electrons. The lowest BCUT2D eigenvalue weighted by Gasteiger charge is -2.10. The van der Waals surface area contributed by atoms with Gasteiger partial charge >= 0.3 is 0 Å². The largest absolute Gasteiger partial charge is 0.326 e. The molecule has 1 N–H and O–H groups in total. The minimum absolute atomic E-state index is 0.0977. The van der Waals surface area contributed by atoms with Gasteiger partial charge in [0.1, 0.15) is 18.3 Å². The number of benzene rings is 1. The SMILES string of the molecule is O=C(C[C@H]1C=CCC1)Nc1ccc(-n2cncn2)c(F)c1. The van der Waals surface area contributed by atoms with E-state index >= 15 is 0 Å². The number of hydrogen-bond acceptors (Lipinski definition) is 3. The molecule has 0 saturated carbocycles. The van der Waals surface area contributed by atoms with Gasteiger partial charge in [-0.3, -0.25) is 4.79 Å². The monoisotopic (exact) mass is 286 g/mol. The molecule has 1 atom stereocenters. The van der Waals surface area contributed by atoms with E-state index in [9.17, 15) is 9.18 Å². The van der Waals surface area contributed by atoms with Gasteiger partial charge in [-0.1, -0.05) is 12.2 Å². The maximum Gasteiger partial charge on any atom is 0.224 e. The van der Waals surface area contributed by atoms with Gasteiger partial charge in [0.25, 0.3) is 0 Å². The summed E-state index contributed by atoms with van der Waals surface area (Å²) in [7, 11) is 0. The Morgan fingerprint density at radius 3 is 3.05 bits per heavy atom. The van der Waals surface area contributed by atoms with Crippen LogP contribution in [0, 0.1) is 11.7 Å². The molecule has 1 aliphatic carbocycles. The lowest BCUT2D eigenvalue weighted by Crippen LogP contribution is -2.15. The number of carbonyl (C=O) groups is 1. The van der Waals surface area contributed by atoms with E-state index < -0.39 is 5.82 Å². The fourth-order valence-electron chi connectivity index (χ4n) is 2.42. The summed E-state index contributed by atoms with van der Waals surface area (Å²) in [5, 5.41) is 6.60. The van der Waals surface area contributed by atoms with Crippen molar-refractivity contribution in [3.8, 4) is 5.69 Å². The van der Waals surface area contributed by atoms with Gasteiger partial charge in [-0.2, -0.15) is 5.10 Å². The van der Waals surface area contributed by atoms with Crippen molar-refractivity contribution >= 4 is 11.6 Å². The van der Waals surface area contributed by atoms with Crippen LogP contribution in [-0.4, -0.2) is 20.7 Å². The third-order valence-corrected chi connectivity index (χ3v) is 3.46. The quantitative estimate of drug-likeness (QED) is 0.879. The summed E-state index contributed by atoms with van der Waals surface area (Å²) in [4.78, 5) is 15.7. The second-order valence-corrected chi connectivity index (χ2v) is 5.02. The van der Waals surface area contributed by atoms with E-state index in [1.165, 1.54) is 23.4 Å². The number of halogens is 1. The molecule has 108 valence electrons. The number of carbonyl (C=O) groups excluding carboxylic acids is 1. The third kappa shape index (κ3) is 3.16. The van der Waals surface area contributed by atoms with Crippen LogP contribution in [-0.2, 0) is 4.79 Å². The second-order valence-electron chi connectivity index (χ2n) is 5.02. The van der Waals surface area contributed by atoms with Crippen LogP contribution < -0.4 is 5.32 Å². The van der Waals surface area contributed by atoms with Gasteiger partial charge in [-0.15, -0.1) is 0 Å². The second kappa shape index (κ2) is 5.87. The van der Waals surface area contributed by atoms with Crippen molar-refractivity contribution in [3.63, 3.8) is 0 Å². The first-order valence-electron chi connectivity index (χ1n) is 6.83. The maximum atomic E-state index is 14.0.